The van der Waals surface area contributed by atoms with E-state index >= 15 is 0 Å². The summed E-state index contributed by atoms with van der Waals surface area (Å²) in [6.07, 6.45) is 6.49. The Morgan fingerprint density at radius 2 is 2.14 bits per heavy atom. The van der Waals surface area contributed by atoms with Crippen LogP contribution >= 0.6 is 15.9 Å². The van der Waals surface area contributed by atoms with Gasteiger partial charge in [0.15, 0.2) is 0 Å². The summed E-state index contributed by atoms with van der Waals surface area (Å²) < 4.78 is 13.9. The second-order valence-electron chi connectivity index (χ2n) is 6.39. The van der Waals surface area contributed by atoms with E-state index in [1.165, 1.54) is 25.7 Å². The van der Waals surface area contributed by atoms with Gasteiger partial charge in [-0.15, -0.1) is 0 Å². The summed E-state index contributed by atoms with van der Waals surface area (Å²) in [7, 11) is 0. The predicted octanol–water partition coefficient (Wildman–Crippen LogP) is 6.42. The standard InChI is InChI=1S/C18H25BrFN/c1-12(2)13(3)21-18-11-15(9-10-17(18)20)16(19)6-4-5-14-7-8-14/h9-12,14,16,21H,3-8H2,1-2H3. The monoisotopic (exact) mass is 353 g/mol. The van der Waals surface area contributed by atoms with Crippen molar-refractivity contribution >= 4 is 21.6 Å². The van der Waals surface area contributed by atoms with Gasteiger partial charge in [0.05, 0.1) is 5.69 Å². The highest BCUT2D eigenvalue weighted by molar-refractivity contribution is 9.09. The van der Waals surface area contributed by atoms with Crippen LogP contribution in [0.3, 0.4) is 0 Å². The van der Waals surface area contributed by atoms with Gasteiger partial charge in [0, 0.05) is 10.5 Å². The Kier molecular flexibility index (Phi) is 5.86. The van der Waals surface area contributed by atoms with Gasteiger partial charge in [-0.2, -0.15) is 0 Å². The topological polar surface area (TPSA) is 12.0 Å². The lowest BCUT2D eigenvalue weighted by Gasteiger charge is -2.16. The number of hydrogen-bond acceptors (Lipinski definition) is 1. The van der Waals surface area contributed by atoms with E-state index in [1.54, 1.807) is 6.07 Å². The molecule has 1 saturated carbocycles. The van der Waals surface area contributed by atoms with Gasteiger partial charge in [0.2, 0.25) is 0 Å². The fraction of sp³-hybridized carbons (Fsp3) is 0.556. The molecule has 0 amide bonds. The van der Waals surface area contributed by atoms with E-state index in [2.05, 4.69) is 27.8 Å². The maximum Gasteiger partial charge on any atom is 0.146 e. The minimum atomic E-state index is -0.224. The first-order valence-corrected chi connectivity index (χ1v) is 8.78. The van der Waals surface area contributed by atoms with E-state index in [0.717, 1.165) is 23.6 Å². The fourth-order valence-corrected chi connectivity index (χ4v) is 2.92. The van der Waals surface area contributed by atoms with Crippen molar-refractivity contribution in [1.82, 2.24) is 0 Å². The van der Waals surface area contributed by atoms with Crippen molar-refractivity contribution in [2.45, 2.75) is 50.8 Å². The highest BCUT2D eigenvalue weighted by atomic mass is 79.9. The Labute approximate surface area is 136 Å². The molecule has 2 rings (SSSR count). The van der Waals surface area contributed by atoms with Crippen LogP contribution in [0.5, 0.6) is 0 Å². The quantitative estimate of drug-likeness (QED) is 0.531. The third-order valence-electron chi connectivity index (χ3n) is 4.11. The molecule has 1 aromatic carbocycles. The van der Waals surface area contributed by atoms with E-state index in [4.69, 9.17) is 0 Å². The van der Waals surface area contributed by atoms with Crippen molar-refractivity contribution < 1.29 is 4.39 Å². The number of benzene rings is 1. The summed E-state index contributed by atoms with van der Waals surface area (Å²) in [6.45, 7) is 8.04. The van der Waals surface area contributed by atoms with Crippen LogP contribution in [0.4, 0.5) is 10.1 Å². The van der Waals surface area contributed by atoms with Crippen molar-refractivity contribution in [3.63, 3.8) is 0 Å². The van der Waals surface area contributed by atoms with Crippen LogP contribution in [0.25, 0.3) is 0 Å². The van der Waals surface area contributed by atoms with Gasteiger partial charge in [0.1, 0.15) is 5.82 Å². The molecular weight excluding hydrogens is 329 g/mol. The lowest BCUT2D eigenvalue weighted by molar-refractivity contribution is 0.619. The van der Waals surface area contributed by atoms with E-state index in [0.29, 0.717) is 10.5 Å². The van der Waals surface area contributed by atoms with Crippen LogP contribution in [-0.2, 0) is 0 Å². The Morgan fingerprint density at radius 3 is 2.76 bits per heavy atom. The van der Waals surface area contributed by atoms with Crippen molar-refractivity contribution in [2.24, 2.45) is 11.8 Å². The zero-order valence-corrected chi connectivity index (χ0v) is 14.5. The first kappa shape index (κ1) is 16.5. The van der Waals surface area contributed by atoms with E-state index in [9.17, 15) is 4.39 Å². The molecule has 21 heavy (non-hydrogen) atoms. The van der Waals surface area contributed by atoms with E-state index in [1.807, 2.05) is 26.0 Å². The molecule has 3 heteroatoms. The molecule has 0 spiro atoms. The van der Waals surface area contributed by atoms with Crippen LogP contribution in [0.2, 0.25) is 0 Å². The van der Waals surface area contributed by atoms with Gasteiger partial charge < -0.3 is 5.32 Å². The van der Waals surface area contributed by atoms with Gasteiger partial charge in [-0.05, 0) is 36.0 Å². The summed E-state index contributed by atoms with van der Waals surface area (Å²) in [6, 6.07) is 5.31. The first-order valence-electron chi connectivity index (χ1n) is 7.86. The molecule has 1 fully saturated rings. The smallest absolute Gasteiger partial charge is 0.146 e. The lowest BCUT2D eigenvalue weighted by Crippen LogP contribution is -2.06. The molecule has 1 unspecified atom stereocenters. The second-order valence-corrected chi connectivity index (χ2v) is 7.49. The summed E-state index contributed by atoms with van der Waals surface area (Å²) >= 11 is 3.74. The highest BCUT2D eigenvalue weighted by Crippen LogP contribution is 2.37. The fourth-order valence-electron chi connectivity index (χ4n) is 2.31. The second kappa shape index (κ2) is 7.44. The molecule has 0 saturated heterocycles. The number of rotatable bonds is 8. The molecule has 1 aromatic rings. The Balaban J connectivity index is 1.96. The molecule has 1 nitrogen and oxygen atoms in total. The zero-order valence-electron chi connectivity index (χ0n) is 13.0. The third kappa shape index (κ3) is 5.14. The number of alkyl halides is 1. The first-order chi connectivity index (χ1) is 9.97. The Bertz CT molecular complexity index is 494. The van der Waals surface area contributed by atoms with Crippen LogP contribution < -0.4 is 5.32 Å². The van der Waals surface area contributed by atoms with Gasteiger partial charge in [-0.3, -0.25) is 0 Å². The van der Waals surface area contributed by atoms with Crippen molar-refractivity contribution in [3.05, 3.63) is 41.9 Å². The van der Waals surface area contributed by atoms with E-state index in [-0.39, 0.29) is 11.7 Å². The molecule has 0 aliphatic heterocycles. The summed E-state index contributed by atoms with van der Waals surface area (Å²) in [4.78, 5) is 0.296. The minimum absolute atomic E-state index is 0.224. The molecule has 0 heterocycles. The largest absolute Gasteiger partial charge is 0.357 e. The molecule has 0 aromatic heterocycles. The Morgan fingerprint density at radius 1 is 1.43 bits per heavy atom. The Hall–Kier alpha value is -0.830. The van der Waals surface area contributed by atoms with Gasteiger partial charge in [0.25, 0.3) is 0 Å². The van der Waals surface area contributed by atoms with Crippen LogP contribution in [0.15, 0.2) is 30.5 Å². The molecule has 0 bridgehead atoms. The third-order valence-corrected chi connectivity index (χ3v) is 5.10. The number of hydrogen-bond donors (Lipinski definition) is 1. The summed E-state index contributed by atoms with van der Waals surface area (Å²) in [5.74, 6) is 1.04. The average Bonchev–Trinajstić information content (AvgIpc) is 3.25. The van der Waals surface area contributed by atoms with E-state index < -0.39 is 0 Å². The molecule has 1 aliphatic rings. The van der Waals surface area contributed by atoms with Crippen molar-refractivity contribution in [1.29, 1.82) is 0 Å². The van der Waals surface area contributed by atoms with Crippen LogP contribution in [0.1, 0.15) is 56.3 Å². The maximum atomic E-state index is 13.9. The summed E-state index contributed by atoms with van der Waals surface area (Å²) in [5, 5.41) is 3.10. The minimum Gasteiger partial charge on any atom is -0.357 e. The normalized spacial score (nSPS) is 16.0. The predicted molar refractivity (Wildman–Crippen MR) is 92.2 cm³/mol. The van der Waals surface area contributed by atoms with Crippen LogP contribution in [-0.4, -0.2) is 0 Å². The zero-order chi connectivity index (χ0) is 15.4. The molecule has 116 valence electrons. The molecular formula is C18H25BrFN. The maximum absolute atomic E-state index is 13.9. The highest BCUT2D eigenvalue weighted by Gasteiger charge is 2.21. The van der Waals surface area contributed by atoms with Gasteiger partial charge in [-0.1, -0.05) is 68.1 Å². The molecule has 1 aliphatic carbocycles. The lowest BCUT2D eigenvalue weighted by atomic mass is 10.0. The van der Waals surface area contributed by atoms with Crippen molar-refractivity contribution in [3.8, 4) is 0 Å². The van der Waals surface area contributed by atoms with Crippen LogP contribution in [0, 0.1) is 17.7 Å². The molecule has 0 radical (unpaired) electrons. The molecule has 1 atom stereocenters. The van der Waals surface area contributed by atoms with Gasteiger partial charge >= 0.3 is 0 Å². The SMILES string of the molecule is C=C(Nc1cc(C(Br)CCCC2CC2)ccc1F)C(C)C. The molecule has 1 N–H and O–H groups in total. The number of anilines is 1. The van der Waals surface area contributed by atoms with Gasteiger partial charge in [-0.25, -0.2) is 4.39 Å². The number of allylic oxidation sites excluding steroid dienone is 1. The number of halogens is 2. The summed E-state index contributed by atoms with van der Waals surface area (Å²) in [5.41, 5.74) is 2.50. The van der Waals surface area contributed by atoms with Crippen molar-refractivity contribution in [2.75, 3.05) is 5.32 Å². The average molecular weight is 354 g/mol. The number of nitrogens with one attached hydrogen (secondary N) is 1.